The maximum atomic E-state index is 4.08. The zero-order valence-corrected chi connectivity index (χ0v) is 10.0. The zero-order chi connectivity index (χ0) is 10.5. The summed E-state index contributed by atoms with van der Waals surface area (Å²) in [6.07, 6.45) is 4.71. The van der Waals surface area contributed by atoms with E-state index in [1.165, 1.54) is 21.3 Å². The van der Waals surface area contributed by atoms with Crippen molar-refractivity contribution in [2.24, 2.45) is 0 Å². The minimum Gasteiger partial charge on any atom is -0.309 e. The average molecular weight is 240 g/mol. The van der Waals surface area contributed by atoms with Gasteiger partial charge in [-0.3, -0.25) is 4.98 Å². The molecule has 0 bridgehead atoms. The molecule has 0 aliphatic carbocycles. The zero-order valence-electron chi connectivity index (χ0n) is 8.38. The Morgan fingerprint density at radius 2 is 2.40 bits per heavy atom. The Bertz CT molecular complexity index is 371. The summed E-state index contributed by atoms with van der Waals surface area (Å²) in [5.41, 5.74) is 1.86. The quantitative estimate of drug-likeness (QED) is 0.867. The van der Waals surface area contributed by atoms with Crippen molar-refractivity contribution in [3.8, 4) is 0 Å². The van der Waals surface area contributed by atoms with Crippen LogP contribution in [-0.2, 0) is 6.42 Å². The SMILES string of the molecule is CCNC(Cc1cncs1)c1cnns1. The first-order valence-corrected chi connectivity index (χ1v) is 6.43. The van der Waals surface area contributed by atoms with Crippen molar-refractivity contribution in [2.45, 2.75) is 19.4 Å². The topological polar surface area (TPSA) is 50.7 Å². The molecule has 2 aromatic heterocycles. The summed E-state index contributed by atoms with van der Waals surface area (Å²) in [5.74, 6) is 0. The van der Waals surface area contributed by atoms with Crippen LogP contribution in [0, 0.1) is 0 Å². The van der Waals surface area contributed by atoms with Gasteiger partial charge in [-0.25, -0.2) is 0 Å². The minimum absolute atomic E-state index is 0.315. The van der Waals surface area contributed by atoms with Crippen LogP contribution in [-0.4, -0.2) is 21.1 Å². The Morgan fingerprint density at radius 1 is 1.47 bits per heavy atom. The van der Waals surface area contributed by atoms with E-state index in [0.717, 1.165) is 13.0 Å². The lowest BCUT2D eigenvalue weighted by Gasteiger charge is -2.13. The van der Waals surface area contributed by atoms with Gasteiger partial charge in [0.05, 0.1) is 16.6 Å². The van der Waals surface area contributed by atoms with E-state index >= 15 is 0 Å². The summed E-state index contributed by atoms with van der Waals surface area (Å²) in [6, 6.07) is 0.315. The number of rotatable bonds is 5. The van der Waals surface area contributed by atoms with Crippen LogP contribution >= 0.6 is 22.9 Å². The van der Waals surface area contributed by atoms with Crippen LogP contribution in [0.15, 0.2) is 17.9 Å². The van der Waals surface area contributed by atoms with Crippen molar-refractivity contribution >= 4 is 22.9 Å². The van der Waals surface area contributed by atoms with E-state index in [1.54, 1.807) is 11.3 Å². The predicted molar refractivity (Wildman–Crippen MR) is 62.1 cm³/mol. The molecule has 1 unspecified atom stereocenters. The van der Waals surface area contributed by atoms with Crippen molar-refractivity contribution < 1.29 is 0 Å². The molecule has 0 aromatic carbocycles. The van der Waals surface area contributed by atoms with Crippen LogP contribution in [0.3, 0.4) is 0 Å². The third-order valence-electron chi connectivity index (χ3n) is 2.06. The monoisotopic (exact) mass is 240 g/mol. The van der Waals surface area contributed by atoms with Crippen molar-refractivity contribution in [1.82, 2.24) is 19.9 Å². The fraction of sp³-hybridized carbons (Fsp3) is 0.444. The van der Waals surface area contributed by atoms with Crippen LogP contribution in [0.25, 0.3) is 0 Å². The first-order chi connectivity index (χ1) is 7.40. The van der Waals surface area contributed by atoms with Gasteiger partial charge in [-0.2, -0.15) is 0 Å². The fourth-order valence-electron chi connectivity index (χ4n) is 1.39. The Hall–Kier alpha value is -0.850. The molecule has 4 nitrogen and oxygen atoms in total. The van der Waals surface area contributed by atoms with Crippen molar-refractivity contribution in [3.05, 3.63) is 27.7 Å². The number of likely N-dealkylation sites (N-methyl/N-ethyl adjacent to an activating group) is 1. The molecule has 0 saturated carbocycles. The van der Waals surface area contributed by atoms with E-state index < -0.39 is 0 Å². The largest absolute Gasteiger partial charge is 0.309 e. The second kappa shape index (κ2) is 5.29. The lowest BCUT2D eigenvalue weighted by Crippen LogP contribution is -2.21. The van der Waals surface area contributed by atoms with Gasteiger partial charge >= 0.3 is 0 Å². The molecule has 0 amide bonds. The van der Waals surface area contributed by atoms with E-state index in [4.69, 9.17) is 0 Å². The maximum Gasteiger partial charge on any atom is 0.0794 e. The van der Waals surface area contributed by atoms with Gasteiger partial charge in [-0.1, -0.05) is 11.4 Å². The van der Waals surface area contributed by atoms with Gasteiger partial charge in [0, 0.05) is 23.5 Å². The predicted octanol–water partition coefficient (Wildman–Crippen LogP) is 1.89. The molecule has 2 aromatic rings. The van der Waals surface area contributed by atoms with Gasteiger partial charge in [-0.05, 0) is 18.1 Å². The van der Waals surface area contributed by atoms with E-state index in [2.05, 4.69) is 26.8 Å². The minimum atomic E-state index is 0.315. The number of aromatic nitrogens is 3. The highest BCUT2D eigenvalue weighted by Crippen LogP contribution is 2.21. The second-order valence-electron chi connectivity index (χ2n) is 3.10. The summed E-state index contributed by atoms with van der Waals surface area (Å²) in [6.45, 7) is 3.05. The van der Waals surface area contributed by atoms with Crippen LogP contribution in [0.1, 0.15) is 22.7 Å². The highest BCUT2D eigenvalue weighted by Gasteiger charge is 2.14. The molecule has 0 radical (unpaired) electrons. The Balaban J connectivity index is 2.07. The molecule has 80 valence electrons. The summed E-state index contributed by atoms with van der Waals surface area (Å²) in [4.78, 5) is 6.55. The molecule has 0 saturated heterocycles. The van der Waals surface area contributed by atoms with Crippen molar-refractivity contribution in [3.63, 3.8) is 0 Å². The van der Waals surface area contributed by atoms with E-state index in [-0.39, 0.29) is 0 Å². The lowest BCUT2D eigenvalue weighted by atomic mass is 10.1. The third kappa shape index (κ3) is 2.80. The van der Waals surface area contributed by atoms with Gasteiger partial charge < -0.3 is 5.32 Å². The number of nitrogens with zero attached hydrogens (tertiary/aromatic N) is 3. The number of thiazole rings is 1. The maximum absolute atomic E-state index is 4.08. The van der Waals surface area contributed by atoms with E-state index in [1.807, 2.05) is 17.9 Å². The van der Waals surface area contributed by atoms with Crippen LogP contribution in [0.5, 0.6) is 0 Å². The molecule has 0 aliphatic heterocycles. The van der Waals surface area contributed by atoms with Crippen molar-refractivity contribution in [2.75, 3.05) is 6.54 Å². The molecule has 2 heterocycles. The Morgan fingerprint density at radius 3 is 3.00 bits per heavy atom. The first kappa shape index (κ1) is 10.7. The summed E-state index contributed by atoms with van der Waals surface area (Å²) < 4.78 is 3.89. The van der Waals surface area contributed by atoms with Gasteiger partial charge in [0.25, 0.3) is 0 Å². The molecular formula is C9H12N4S2. The van der Waals surface area contributed by atoms with Crippen LogP contribution < -0.4 is 5.32 Å². The molecule has 2 rings (SSSR count). The Kier molecular flexibility index (Phi) is 3.76. The molecular weight excluding hydrogens is 228 g/mol. The number of nitrogens with one attached hydrogen (secondary N) is 1. The molecule has 1 N–H and O–H groups in total. The lowest BCUT2D eigenvalue weighted by molar-refractivity contribution is 0.560. The highest BCUT2D eigenvalue weighted by molar-refractivity contribution is 7.09. The molecule has 15 heavy (non-hydrogen) atoms. The third-order valence-corrected chi connectivity index (χ3v) is 3.64. The van der Waals surface area contributed by atoms with Gasteiger partial charge in [-0.15, -0.1) is 16.4 Å². The number of hydrogen-bond donors (Lipinski definition) is 1. The van der Waals surface area contributed by atoms with Gasteiger partial charge in [0.2, 0.25) is 0 Å². The van der Waals surface area contributed by atoms with Crippen LogP contribution in [0.4, 0.5) is 0 Å². The van der Waals surface area contributed by atoms with E-state index in [0.29, 0.717) is 6.04 Å². The summed E-state index contributed by atoms with van der Waals surface area (Å²) in [5, 5.41) is 7.30. The average Bonchev–Trinajstić information content (AvgIpc) is 2.89. The summed E-state index contributed by atoms with van der Waals surface area (Å²) in [7, 11) is 0. The standard InChI is InChI=1S/C9H12N4S2/c1-2-11-8(9-5-12-13-15-9)3-7-4-10-6-14-7/h4-6,8,11H,2-3H2,1H3. The number of hydrogen-bond acceptors (Lipinski definition) is 6. The molecule has 6 heteroatoms. The normalized spacial score (nSPS) is 12.9. The smallest absolute Gasteiger partial charge is 0.0794 e. The van der Waals surface area contributed by atoms with Gasteiger partial charge in [0.15, 0.2) is 0 Å². The molecule has 1 atom stereocenters. The second-order valence-corrected chi connectivity index (χ2v) is 4.89. The molecule has 0 fully saturated rings. The molecule has 0 spiro atoms. The summed E-state index contributed by atoms with van der Waals surface area (Å²) >= 11 is 3.14. The van der Waals surface area contributed by atoms with E-state index in [9.17, 15) is 0 Å². The molecule has 0 aliphatic rings. The Labute approximate surface area is 96.5 Å². The highest BCUT2D eigenvalue weighted by atomic mass is 32.1. The van der Waals surface area contributed by atoms with Crippen molar-refractivity contribution in [1.29, 1.82) is 0 Å². The first-order valence-electron chi connectivity index (χ1n) is 4.78. The fourth-order valence-corrected chi connectivity index (χ4v) is 2.61. The van der Waals surface area contributed by atoms with Crippen LogP contribution in [0.2, 0.25) is 0 Å². The van der Waals surface area contributed by atoms with Gasteiger partial charge in [0.1, 0.15) is 0 Å².